The molecular weight excluding hydrogens is 307 g/mol. The normalized spacial score (nSPS) is 11.2. The summed E-state index contributed by atoms with van der Waals surface area (Å²) in [5.74, 6) is -1.52. The summed E-state index contributed by atoms with van der Waals surface area (Å²) < 4.78 is 28.5. The van der Waals surface area contributed by atoms with Gasteiger partial charge in [-0.05, 0) is 18.2 Å². The van der Waals surface area contributed by atoms with Crippen LogP contribution in [-0.2, 0) is 0 Å². The van der Waals surface area contributed by atoms with E-state index in [1.54, 1.807) is 18.2 Å². The van der Waals surface area contributed by atoms with E-state index >= 15 is 0 Å². The molecule has 2 N–H and O–H groups in total. The molecule has 0 unspecified atom stereocenters. The maximum absolute atomic E-state index is 13.7. The zero-order chi connectivity index (χ0) is 14.4. The molecule has 3 aromatic rings. The lowest BCUT2D eigenvalue weighted by Crippen LogP contribution is -2.01. The van der Waals surface area contributed by atoms with Crippen LogP contribution < -0.4 is 5.73 Å². The van der Waals surface area contributed by atoms with Crippen molar-refractivity contribution in [3.8, 4) is 5.69 Å². The molecule has 0 aliphatic heterocycles. The summed E-state index contributed by atoms with van der Waals surface area (Å²) >= 11 is 12.0. The quantitative estimate of drug-likeness (QED) is 0.732. The summed E-state index contributed by atoms with van der Waals surface area (Å²) in [6, 6.07) is 6.60. The number of anilines is 1. The smallest absolute Gasteiger partial charge is 0.206 e. The van der Waals surface area contributed by atoms with Crippen molar-refractivity contribution in [3.63, 3.8) is 0 Å². The van der Waals surface area contributed by atoms with E-state index in [1.165, 1.54) is 4.57 Å². The summed E-state index contributed by atoms with van der Waals surface area (Å²) in [6.07, 6.45) is 0. The Labute approximate surface area is 122 Å². The van der Waals surface area contributed by atoms with E-state index in [0.717, 1.165) is 12.1 Å². The Morgan fingerprint density at radius 2 is 1.85 bits per heavy atom. The van der Waals surface area contributed by atoms with Gasteiger partial charge in [0.1, 0.15) is 11.3 Å². The number of hydrogen-bond donors (Lipinski definition) is 1. The molecular formula is C13H7Cl2F2N3. The Bertz CT molecular complexity index is 830. The molecule has 0 spiro atoms. The van der Waals surface area contributed by atoms with Crippen molar-refractivity contribution < 1.29 is 8.78 Å². The lowest BCUT2D eigenvalue weighted by molar-refractivity contribution is 0.590. The second-order valence-electron chi connectivity index (χ2n) is 4.16. The molecule has 102 valence electrons. The SMILES string of the molecule is Nc1nc2c(F)cc(F)cc2n1-c1cc(Cl)ccc1Cl. The van der Waals surface area contributed by atoms with Crippen LogP contribution in [0.15, 0.2) is 30.3 Å². The van der Waals surface area contributed by atoms with Gasteiger partial charge in [-0.3, -0.25) is 4.57 Å². The number of imidazole rings is 1. The summed E-state index contributed by atoms with van der Waals surface area (Å²) in [5.41, 5.74) is 6.35. The summed E-state index contributed by atoms with van der Waals surface area (Å²) in [6.45, 7) is 0. The zero-order valence-corrected chi connectivity index (χ0v) is 11.4. The van der Waals surface area contributed by atoms with Crippen LogP contribution in [-0.4, -0.2) is 9.55 Å². The fraction of sp³-hybridized carbons (Fsp3) is 0. The first-order valence-corrected chi connectivity index (χ1v) is 6.31. The number of nitrogen functional groups attached to an aromatic ring is 1. The number of benzene rings is 2. The van der Waals surface area contributed by atoms with Crippen molar-refractivity contribution in [1.29, 1.82) is 0 Å². The molecule has 0 atom stereocenters. The highest BCUT2D eigenvalue weighted by molar-refractivity contribution is 6.34. The summed E-state index contributed by atoms with van der Waals surface area (Å²) in [5, 5.41) is 0.757. The first-order chi connectivity index (χ1) is 9.47. The highest BCUT2D eigenvalue weighted by atomic mass is 35.5. The molecule has 3 rings (SSSR count). The maximum atomic E-state index is 13.7. The van der Waals surface area contributed by atoms with Gasteiger partial charge in [0.05, 0.1) is 16.2 Å². The number of nitrogens with zero attached hydrogens (tertiary/aromatic N) is 2. The fourth-order valence-electron chi connectivity index (χ4n) is 2.03. The number of fused-ring (bicyclic) bond motifs is 1. The molecule has 2 aromatic carbocycles. The zero-order valence-electron chi connectivity index (χ0n) is 9.87. The van der Waals surface area contributed by atoms with Crippen LogP contribution in [0.25, 0.3) is 16.7 Å². The predicted molar refractivity (Wildman–Crippen MR) is 75.4 cm³/mol. The van der Waals surface area contributed by atoms with Gasteiger partial charge in [0, 0.05) is 17.2 Å². The lowest BCUT2D eigenvalue weighted by atomic mass is 10.2. The van der Waals surface area contributed by atoms with Crippen LogP contribution in [0, 0.1) is 11.6 Å². The van der Waals surface area contributed by atoms with E-state index in [9.17, 15) is 8.78 Å². The molecule has 1 aromatic heterocycles. The van der Waals surface area contributed by atoms with E-state index in [0.29, 0.717) is 15.7 Å². The minimum Gasteiger partial charge on any atom is -0.369 e. The van der Waals surface area contributed by atoms with Gasteiger partial charge in [0.25, 0.3) is 0 Å². The average molecular weight is 314 g/mol. The molecule has 0 amide bonds. The topological polar surface area (TPSA) is 43.8 Å². The van der Waals surface area contributed by atoms with Gasteiger partial charge in [-0.2, -0.15) is 0 Å². The lowest BCUT2D eigenvalue weighted by Gasteiger charge is -2.09. The highest BCUT2D eigenvalue weighted by Crippen LogP contribution is 2.31. The van der Waals surface area contributed by atoms with E-state index in [4.69, 9.17) is 28.9 Å². The van der Waals surface area contributed by atoms with Crippen molar-refractivity contribution in [2.45, 2.75) is 0 Å². The van der Waals surface area contributed by atoms with Gasteiger partial charge in [-0.25, -0.2) is 13.8 Å². The van der Waals surface area contributed by atoms with Crippen LogP contribution in [0.5, 0.6) is 0 Å². The highest BCUT2D eigenvalue weighted by Gasteiger charge is 2.17. The number of rotatable bonds is 1. The van der Waals surface area contributed by atoms with Crippen LogP contribution >= 0.6 is 23.2 Å². The van der Waals surface area contributed by atoms with E-state index < -0.39 is 11.6 Å². The van der Waals surface area contributed by atoms with Crippen LogP contribution in [0.3, 0.4) is 0 Å². The molecule has 0 saturated carbocycles. The van der Waals surface area contributed by atoms with Gasteiger partial charge in [-0.15, -0.1) is 0 Å². The molecule has 3 nitrogen and oxygen atoms in total. The largest absolute Gasteiger partial charge is 0.369 e. The van der Waals surface area contributed by atoms with Crippen molar-refractivity contribution >= 4 is 40.2 Å². The minimum absolute atomic E-state index is 0.00586. The monoisotopic (exact) mass is 313 g/mol. The average Bonchev–Trinajstić information content (AvgIpc) is 2.69. The Morgan fingerprint density at radius 1 is 1.10 bits per heavy atom. The van der Waals surface area contributed by atoms with E-state index in [2.05, 4.69) is 4.98 Å². The fourth-order valence-corrected chi connectivity index (χ4v) is 2.40. The third-order valence-corrected chi connectivity index (χ3v) is 3.41. The van der Waals surface area contributed by atoms with Crippen LogP contribution in [0.4, 0.5) is 14.7 Å². The first-order valence-electron chi connectivity index (χ1n) is 5.56. The van der Waals surface area contributed by atoms with Gasteiger partial charge in [0.2, 0.25) is 5.95 Å². The second-order valence-corrected chi connectivity index (χ2v) is 5.00. The molecule has 20 heavy (non-hydrogen) atoms. The number of halogens is 4. The van der Waals surface area contributed by atoms with Gasteiger partial charge in [0.15, 0.2) is 5.82 Å². The standard InChI is InChI=1S/C13H7Cl2F2N3/c14-6-1-2-8(15)10(3-6)20-11-5-7(16)4-9(17)12(11)19-13(20)18/h1-5H,(H2,18,19). The molecule has 0 bridgehead atoms. The maximum Gasteiger partial charge on any atom is 0.206 e. The van der Waals surface area contributed by atoms with Crippen LogP contribution in [0.1, 0.15) is 0 Å². The van der Waals surface area contributed by atoms with Crippen LogP contribution in [0.2, 0.25) is 10.0 Å². The van der Waals surface area contributed by atoms with Gasteiger partial charge >= 0.3 is 0 Å². The van der Waals surface area contributed by atoms with Crippen molar-refractivity contribution in [2.24, 2.45) is 0 Å². The third kappa shape index (κ3) is 1.99. The van der Waals surface area contributed by atoms with Gasteiger partial charge in [-0.1, -0.05) is 23.2 Å². The summed E-state index contributed by atoms with van der Waals surface area (Å²) in [4.78, 5) is 3.90. The van der Waals surface area contributed by atoms with Gasteiger partial charge < -0.3 is 5.73 Å². The van der Waals surface area contributed by atoms with Crippen molar-refractivity contribution in [3.05, 3.63) is 52.0 Å². The van der Waals surface area contributed by atoms with E-state index in [-0.39, 0.29) is 17.0 Å². The number of hydrogen-bond acceptors (Lipinski definition) is 2. The molecule has 7 heteroatoms. The molecule has 0 fully saturated rings. The first kappa shape index (κ1) is 13.1. The number of aromatic nitrogens is 2. The molecule has 0 aliphatic rings. The van der Waals surface area contributed by atoms with Crippen molar-refractivity contribution in [1.82, 2.24) is 9.55 Å². The Hall–Kier alpha value is -1.85. The molecule has 1 heterocycles. The Morgan fingerprint density at radius 3 is 2.60 bits per heavy atom. The Balaban J connectivity index is 2.42. The second kappa shape index (κ2) is 4.61. The van der Waals surface area contributed by atoms with Crippen molar-refractivity contribution in [2.75, 3.05) is 5.73 Å². The Kier molecular flexibility index (Phi) is 3.03. The molecule has 0 saturated heterocycles. The molecule has 0 radical (unpaired) electrons. The molecule has 0 aliphatic carbocycles. The minimum atomic E-state index is -0.788. The predicted octanol–water partition coefficient (Wildman–Crippen LogP) is 4.19. The van der Waals surface area contributed by atoms with E-state index in [1.807, 2.05) is 0 Å². The third-order valence-electron chi connectivity index (χ3n) is 2.85. The number of nitrogens with two attached hydrogens (primary N) is 1. The summed E-state index contributed by atoms with van der Waals surface area (Å²) in [7, 11) is 0.